The highest BCUT2D eigenvalue weighted by Crippen LogP contribution is 2.28. The van der Waals surface area contributed by atoms with Gasteiger partial charge in [0.05, 0.1) is 6.10 Å². The fraction of sp³-hybridized carbons (Fsp3) is 0.833. The van der Waals surface area contributed by atoms with Gasteiger partial charge in [-0.25, -0.2) is 0 Å². The van der Waals surface area contributed by atoms with Gasteiger partial charge in [-0.2, -0.15) is 0 Å². The van der Waals surface area contributed by atoms with Gasteiger partial charge in [0.15, 0.2) is 0 Å². The highest BCUT2D eigenvalue weighted by Gasteiger charge is 2.23. The Kier molecular flexibility index (Phi) is 5.88. The van der Waals surface area contributed by atoms with Crippen molar-refractivity contribution in [2.24, 2.45) is 5.92 Å². The van der Waals surface area contributed by atoms with E-state index < -0.39 is 0 Å². The van der Waals surface area contributed by atoms with Gasteiger partial charge in [0.1, 0.15) is 0 Å². The number of methoxy groups -OCH3 is 1. The molecule has 82 valence electrons. The molecule has 0 spiro atoms. The van der Waals surface area contributed by atoms with E-state index >= 15 is 0 Å². The molecule has 0 aromatic carbocycles. The SMILES string of the molecule is C=CCNCC[C@H]1CCCC[C@H]1OC. The molecule has 14 heavy (non-hydrogen) atoms. The Balaban J connectivity index is 2.16. The fourth-order valence-corrected chi connectivity index (χ4v) is 2.31. The summed E-state index contributed by atoms with van der Waals surface area (Å²) in [6.45, 7) is 5.70. The minimum absolute atomic E-state index is 0.509. The van der Waals surface area contributed by atoms with Crippen molar-refractivity contribution < 1.29 is 4.74 Å². The van der Waals surface area contributed by atoms with Crippen molar-refractivity contribution in [2.75, 3.05) is 20.2 Å². The zero-order valence-electron chi connectivity index (χ0n) is 9.30. The van der Waals surface area contributed by atoms with Crippen molar-refractivity contribution >= 4 is 0 Å². The van der Waals surface area contributed by atoms with Crippen LogP contribution >= 0.6 is 0 Å². The summed E-state index contributed by atoms with van der Waals surface area (Å²) in [4.78, 5) is 0. The van der Waals surface area contributed by atoms with Crippen LogP contribution < -0.4 is 5.32 Å². The van der Waals surface area contributed by atoms with E-state index in [1.54, 1.807) is 0 Å². The van der Waals surface area contributed by atoms with Crippen LogP contribution in [-0.2, 0) is 4.74 Å². The third kappa shape index (κ3) is 3.81. The van der Waals surface area contributed by atoms with Crippen molar-refractivity contribution in [3.05, 3.63) is 12.7 Å². The lowest BCUT2D eigenvalue weighted by Gasteiger charge is -2.30. The van der Waals surface area contributed by atoms with Gasteiger partial charge in [0.2, 0.25) is 0 Å². The molecule has 1 N–H and O–H groups in total. The third-order valence-corrected chi connectivity index (χ3v) is 3.12. The number of rotatable bonds is 6. The average molecular weight is 197 g/mol. The Morgan fingerprint density at radius 1 is 1.43 bits per heavy atom. The molecule has 1 fully saturated rings. The molecule has 0 unspecified atom stereocenters. The second kappa shape index (κ2) is 7.02. The maximum absolute atomic E-state index is 5.51. The first-order chi connectivity index (χ1) is 6.88. The molecule has 1 saturated carbocycles. The van der Waals surface area contributed by atoms with Crippen molar-refractivity contribution in [3.8, 4) is 0 Å². The van der Waals surface area contributed by atoms with Crippen LogP contribution in [0, 0.1) is 5.92 Å². The second-order valence-electron chi connectivity index (χ2n) is 4.10. The van der Waals surface area contributed by atoms with E-state index in [1.165, 1.54) is 32.1 Å². The van der Waals surface area contributed by atoms with Gasteiger partial charge in [-0.1, -0.05) is 18.9 Å². The zero-order valence-corrected chi connectivity index (χ0v) is 9.30. The second-order valence-corrected chi connectivity index (χ2v) is 4.10. The lowest BCUT2D eigenvalue weighted by Crippen LogP contribution is -2.29. The summed E-state index contributed by atoms with van der Waals surface area (Å²) in [6.07, 6.45) is 8.98. The third-order valence-electron chi connectivity index (χ3n) is 3.12. The van der Waals surface area contributed by atoms with Crippen LogP contribution in [0.5, 0.6) is 0 Å². The van der Waals surface area contributed by atoms with E-state index in [2.05, 4.69) is 11.9 Å². The number of hydrogen-bond donors (Lipinski definition) is 1. The van der Waals surface area contributed by atoms with E-state index in [-0.39, 0.29) is 0 Å². The largest absolute Gasteiger partial charge is 0.381 e. The average Bonchev–Trinajstić information content (AvgIpc) is 2.25. The van der Waals surface area contributed by atoms with E-state index in [0.29, 0.717) is 6.10 Å². The van der Waals surface area contributed by atoms with Gasteiger partial charge in [0, 0.05) is 13.7 Å². The van der Waals surface area contributed by atoms with E-state index in [4.69, 9.17) is 4.74 Å². The standard InChI is InChI=1S/C12H23NO/c1-3-9-13-10-8-11-6-4-5-7-12(11)14-2/h3,11-13H,1,4-10H2,2H3/t11-,12-/m1/s1. The van der Waals surface area contributed by atoms with Crippen LogP contribution in [0.1, 0.15) is 32.1 Å². The van der Waals surface area contributed by atoms with Crippen LogP contribution in [0.2, 0.25) is 0 Å². The minimum Gasteiger partial charge on any atom is -0.381 e. The molecule has 0 aromatic rings. The molecular formula is C12H23NO. The van der Waals surface area contributed by atoms with Gasteiger partial charge < -0.3 is 10.1 Å². The molecule has 0 amide bonds. The Labute approximate surface area is 87.7 Å². The van der Waals surface area contributed by atoms with Gasteiger partial charge in [0.25, 0.3) is 0 Å². The summed E-state index contributed by atoms with van der Waals surface area (Å²) < 4.78 is 5.51. The maximum atomic E-state index is 5.51. The molecule has 2 atom stereocenters. The minimum atomic E-state index is 0.509. The summed E-state index contributed by atoms with van der Waals surface area (Å²) in [5, 5.41) is 3.35. The Morgan fingerprint density at radius 2 is 2.21 bits per heavy atom. The molecule has 2 nitrogen and oxygen atoms in total. The van der Waals surface area contributed by atoms with Gasteiger partial charge in [-0.3, -0.25) is 0 Å². The van der Waals surface area contributed by atoms with Crippen molar-refractivity contribution in [2.45, 2.75) is 38.2 Å². The highest BCUT2D eigenvalue weighted by molar-refractivity contribution is 4.77. The Morgan fingerprint density at radius 3 is 2.93 bits per heavy atom. The monoisotopic (exact) mass is 197 g/mol. The highest BCUT2D eigenvalue weighted by atomic mass is 16.5. The smallest absolute Gasteiger partial charge is 0.0600 e. The van der Waals surface area contributed by atoms with Gasteiger partial charge in [-0.05, 0) is 31.7 Å². The Hall–Kier alpha value is -0.340. The molecular weight excluding hydrogens is 174 g/mol. The van der Waals surface area contributed by atoms with E-state index in [9.17, 15) is 0 Å². The predicted molar refractivity (Wildman–Crippen MR) is 60.4 cm³/mol. The number of nitrogens with one attached hydrogen (secondary N) is 1. The molecule has 1 aliphatic rings. The fourth-order valence-electron chi connectivity index (χ4n) is 2.31. The maximum Gasteiger partial charge on any atom is 0.0600 e. The molecule has 1 aliphatic carbocycles. The van der Waals surface area contributed by atoms with Crippen LogP contribution in [0.15, 0.2) is 12.7 Å². The van der Waals surface area contributed by atoms with Crippen molar-refractivity contribution in [1.29, 1.82) is 0 Å². The zero-order chi connectivity index (χ0) is 10.2. The number of ether oxygens (including phenoxy) is 1. The topological polar surface area (TPSA) is 21.3 Å². The first-order valence-corrected chi connectivity index (χ1v) is 5.73. The van der Waals surface area contributed by atoms with Crippen molar-refractivity contribution in [3.63, 3.8) is 0 Å². The first kappa shape index (κ1) is 11.7. The lowest BCUT2D eigenvalue weighted by molar-refractivity contribution is 0.0207. The van der Waals surface area contributed by atoms with Crippen LogP contribution in [0.25, 0.3) is 0 Å². The molecule has 2 heteroatoms. The number of hydrogen-bond acceptors (Lipinski definition) is 2. The molecule has 1 rings (SSSR count). The molecule has 0 bridgehead atoms. The normalized spacial score (nSPS) is 27.5. The van der Waals surface area contributed by atoms with E-state index in [0.717, 1.165) is 19.0 Å². The first-order valence-electron chi connectivity index (χ1n) is 5.73. The van der Waals surface area contributed by atoms with Gasteiger partial charge >= 0.3 is 0 Å². The molecule has 0 saturated heterocycles. The van der Waals surface area contributed by atoms with E-state index in [1.807, 2.05) is 13.2 Å². The van der Waals surface area contributed by atoms with Crippen molar-refractivity contribution in [1.82, 2.24) is 5.32 Å². The predicted octanol–water partition coefficient (Wildman–Crippen LogP) is 2.36. The molecule has 0 aliphatic heterocycles. The summed E-state index contributed by atoms with van der Waals surface area (Å²) in [7, 11) is 1.85. The molecule has 0 aromatic heterocycles. The summed E-state index contributed by atoms with van der Waals surface area (Å²) in [6, 6.07) is 0. The quantitative estimate of drug-likeness (QED) is 0.521. The molecule has 0 radical (unpaired) electrons. The van der Waals surface area contributed by atoms with Gasteiger partial charge in [-0.15, -0.1) is 6.58 Å². The van der Waals surface area contributed by atoms with Crippen LogP contribution in [-0.4, -0.2) is 26.3 Å². The summed E-state index contributed by atoms with van der Waals surface area (Å²) in [5.41, 5.74) is 0. The van der Waals surface area contributed by atoms with Crippen LogP contribution in [0.4, 0.5) is 0 Å². The van der Waals surface area contributed by atoms with Crippen LogP contribution in [0.3, 0.4) is 0 Å². The Bertz CT molecular complexity index is 158. The lowest BCUT2D eigenvalue weighted by atomic mass is 9.84. The summed E-state index contributed by atoms with van der Waals surface area (Å²) in [5.74, 6) is 0.770. The summed E-state index contributed by atoms with van der Waals surface area (Å²) >= 11 is 0. The molecule has 0 heterocycles.